The molecule has 1 aliphatic rings. The van der Waals surface area contributed by atoms with Crippen molar-refractivity contribution < 1.29 is 14.6 Å². The molecule has 0 heterocycles. The molecule has 0 aliphatic heterocycles. The lowest BCUT2D eigenvalue weighted by molar-refractivity contribution is -0.393. The molecular weight excluding hydrogens is 266 g/mol. The number of hydrogen-bond acceptors (Lipinski definition) is 6. The number of ether oxygens (including phenoxy) is 1. The number of nitro groups is 2. The van der Waals surface area contributed by atoms with E-state index in [-0.39, 0.29) is 22.7 Å². The Morgan fingerprint density at radius 1 is 1.30 bits per heavy atom. The van der Waals surface area contributed by atoms with E-state index >= 15 is 0 Å². The van der Waals surface area contributed by atoms with Gasteiger partial charge in [-0.2, -0.15) is 0 Å². The van der Waals surface area contributed by atoms with Crippen molar-refractivity contribution >= 4 is 17.1 Å². The smallest absolute Gasteiger partial charge is 0.299 e. The molecule has 0 bridgehead atoms. The first-order valence-corrected chi connectivity index (χ1v) is 6.19. The number of rotatable bonds is 6. The van der Waals surface area contributed by atoms with Gasteiger partial charge < -0.3 is 10.1 Å². The summed E-state index contributed by atoms with van der Waals surface area (Å²) in [6.45, 7) is 0.447. The Labute approximate surface area is 115 Å². The first-order chi connectivity index (χ1) is 9.47. The van der Waals surface area contributed by atoms with Gasteiger partial charge in [0.05, 0.1) is 21.5 Å². The highest BCUT2D eigenvalue weighted by atomic mass is 16.6. The molecule has 2 rings (SSSR count). The molecule has 0 unspecified atom stereocenters. The van der Waals surface area contributed by atoms with E-state index < -0.39 is 9.85 Å². The zero-order chi connectivity index (χ0) is 14.8. The van der Waals surface area contributed by atoms with E-state index in [0.29, 0.717) is 6.54 Å². The predicted molar refractivity (Wildman–Crippen MR) is 71.8 cm³/mol. The fourth-order valence-electron chi connectivity index (χ4n) is 2.21. The summed E-state index contributed by atoms with van der Waals surface area (Å²) in [6, 6.07) is 3.57. The third kappa shape index (κ3) is 2.69. The van der Waals surface area contributed by atoms with Crippen molar-refractivity contribution in [1.29, 1.82) is 0 Å². The average Bonchev–Trinajstić information content (AvgIpc) is 2.37. The lowest BCUT2D eigenvalue weighted by atomic mass is 9.80. The van der Waals surface area contributed by atoms with Crippen molar-refractivity contribution in [3.63, 3.8) is 0 Å². The summed E-state index contributed by atoms with van der Waals surface area (Å²) < 4.78 is 5.42. The molecule has 20 heavy (non-hydrogen) atoms. The number of non-ortho nitro benzene ring substituents is 1. The molecule has 0 amide bonds. The highest BCUT2D eigenvalue weighted by Crippen LogP contribution is 2.36. The average molecular weight is 281 g/mol. The maximum atomic E-state index is 11.0. The van der Waals surface area contributed by atoms with E-state index in [1.54, 1.807) is 7.11 Å². The molecule has 0 spiro atoms. The van der Waals surface area contributed by atoms with Crippen LogP contribution < -0.4 is 5.32 Å². The van der Waals surface area contributed by atoms with Crippen LogP contribution >= 0.6 is 0 Å². The number of hydrogen-bond donors (Lipinski definition) is 1. The second-order valence-electron chi connectivity index (χ2n) is 4.81. The molecular formula is C12H15N3O5. The number of methoxy groups -OCH3 is 1. The van der Waals surface area contributed by atoms with E-state index in [4.69, 9.17) is 4.74 Å². The van der Waals surface area contributed by atoms with Gasteiger partial charge in [-0.1, -0.05) is 0 Å². The molecule has 1 aliphatic carbocycles. The van der Waals surface area contributed by atoms with Crippen molar-refractivity contribution in [2.24, 2.45) is 0 Å². The van der Waals surface area contributed by atoms with E-state index in [2.05, 4.69) is 5.32 Å². The van der Waals surface area contributed by atoms with Crippen LogP contribution in [-0.2, 0) is 4.74 Å². The van der Waals surface area contributed by atoms with E-state index in [9.17, 15) is 20.2 Å². The Morgan fingerprint density at radius 3 is 2.45 bits per heavy atom. The second kappa shape index (κ2) is 5.41. The van der Waals surface area contributed by atoms with Crippen molar-refractivity contribution in [3.8, 4) is 0 Å². The number of nitrogens with zero attached hydrogens (tertiary/aromatic N) is 2. The van der Waals surface area contributed by atoms with Crippen molar-refractivity contribution in [2.45, 2.75) is 24.9 Å². The van der Waals surface area contributed by atoms with Crippen molar-refractivity contribution in [1.82, 2.24) is 0 Å². The van der Waals surface area contributed by atoms with Crippen LogP contribution in [0.3, 0.4) is 0 Å². The topological polar surface area (TPSA) is 108 Å². The Bertz CT molecular complexity index is 536. The minimum atomic E-state index is -0.653. The van der Waals surface area contributed by atoms with Gasteiger partial charge in [-0.3, -0.25) is 20.2 Å². The third-order valence-electron chi connectivity index (χ3n) is 3.69. The van der Waals surface area contributed by atoms with Crippen LogP contribution in [0, 0.1) is 20.2 Å². The second-order valence-corrected chi connectivity index (χ2v) is 4.81. The summed E-state index contributed by atoms with van der Waals surface area (Å²) in [4.78, 5) is 20.4. The van der Waals surface area contributed by atoms with E-state index in [1.165, 1.54) is 12.1 Å². The van der Waals surface area contributed by atoms with Crippen LogP contribution in [0.2, 0.25) is 0 Å². The van der Waals surface area contributed by atoms with Gasteiger partial charge in [0.2, 0.25) is 0 Å². The van der Waals surface area contributed by atoms with Gasteiger partial charge in [0.1, 0.15) is 5.69 Å². The third-order valence-corrected chi connectivity index (χ3v) is 3.69. The van der Waals surface area contributed by atoms with Crippen LogP contribution in [0.25, 0.3) is 0 Å². The Kier molecular flexibility index (Phi) is 3.84. The maximum absolute atomic E-state index is 11.0. The van der Waals surface area contributed by atoms with Crippen LogP contribution in [0.4, 0.5) is 17.1 Å². The van der Waals surface area contributed by atoms with Crippen molar-refractivity contribution in [3.05, 3.63) is 38.4 Å². The standard InChI is InChI=1S/C12H15N3O5/c1-20-12(5-2-6-12)8-13-10-4-3-9(14(16)17)7-11(10)15(18)19/h3-4,7,13H,2,5-6,8H2,1H3. The predicted octanol–water partition coefficient (Wildman–Crippen LogP) is 2.48. The van der Waals surface area contributed by atoms with Crippen LogP contribution in [0.1, 0.15) is 19.3 Å². The number of nitro benzene ring substituents is 2. The summed E-state index contributed by atoms with van der Waals surface area (Å²) in [6.07, 6.45) is 2.87. The van der Waals surface area contributed by atoms with Crippen LogP contribution in [0.5, 0.6) is 0 Å². The van der Waals surface area contributed by atoms with E-state index in [0.717, 1.165) is 25.3 Å². The van der Waals surface area contributed by atoms with Gasteiger partial charge in [-0.15, -0.1) is 0 Å². The lowest BCUT2D eigenvalue weighted by Gasteiger charge is -2.40. The maximum Gasteiger partial charge on any atom is 0.299 e. The van der Waals surface area contributed by atoms with Gasteiger partial charge in [0.15, 0.2) is 0 Å². The summed E-state index contributed by atoms with van der Waals surface area (Å²) in [5, 5.41) is 24.6. The Morgan fingerprint density at radius 2 is 2.00 bits per heavy atom. The molecule has 8 nitrogen and oxygen atoms in total. The monoisotopic (exact) mass is 281 g/mol. The molecule has 1 N–H and O–H groups in total. The largest absolute Gasteiger partial charge is 0.377 e. The fraction of sp³-hybridized carbons (Fsp3) is 0.500. The molecule has 0 saturated heterocycles. The zero-order valence-electron chi connectivity index (χ0n) is 11.0. The van der Waals surface area contributed by atoms with Gasteiger partial charge in [-0.25, -0.2) is 0 Å². The summed E-state index contributed by atoms with van der Waals surface area (Å²) >= 11 is 0. The molecule has 1 saturated carbocycles. The fourth-order valence-corrected chi connectivity index (χ4v) is 2.21. The highest BCUT2D eigenvalue weighted by Gasteiger charge is 2.37. The SMILES string of the molecule is COC1(CNc2ccc([N+](=O)[O-])cc2[N+](=O)[O-])CCC1. The quantitative estimate of drug-likeness (QED) is 0.634. The zero-order valence-corrected chi connectivity index (χ0v) is 11.0. The first-order valence-electron chi connectivity index (χ1n) is 6.19. The van der Waals surface area contributed by atoms with Gasteiger partial charge >= 0.3 is 0 Å². The molecule has 1 aromatic carbocycles. The Hall–Kier alpha value is -2.22. The van der Waals surface area contributed by atoms with Crippen molar-refractivity contribution in [2.75, 3.05) is 19.0 Å². The van der Waals surface area contributed by atoms with Crippen LogP contribution in [0.15, 0.2) is 18.2 Å². The summed E-state index contributed by atoms with van der Waals surface area (Å²) in [7, 11) is 1.62. The minimum absolute atomic E-state index is 0.268. The lowest BCUT2D eigenvalue weighted by Crippen LogP contribution is -2.45. The molecule has 108 valence electrons. The highest BCUT2D eigenvalue weighted by molar-refractivity contribution is 5.65. The summed E-state index contributed by atoms with van der Waals surface area (Å²) in [5.74, 6) is 0. The number of benzene rings is 1. The van der Waals surface area contributed by atoms with E-state index in [1.807, 2.05) is 0 Å². The van der Waals surface area contributed by atoms with Gasteiger partial charge in [0.25, 0.3) is 11.4 Å². The summed E-state index contributed by atoms with van der Waals surface area (Å²) in [5.41, 5.74) is -0.614. The molecule has 1 aromatic rings. The van der Waals surface area contributed by atoms with Crippen LogP contribution in [-0.4, -0.2) is 29.1 Å². The van der Waals surface area contributed by atoms with Gasteiger partial charge in [-0.05, 0) is 25.3 Å². The van der Waals surface area contributed by atoms with Gasteiger partial charge in [0, 0.05) is 19.7 Å². The minimum Gasteiger partial charge on any atom is -0.377 e. The molecule has 1 fully saturated rings. The molecule has 0 radical (unpaired) electrons. The Balaban J connectivity index is 2.18. The molecule has 0 atom stereocenters. The number of anilines is 1. The normalized spacial score (nSPS) is 16.2. The first kappa shape index (κ1) is 14.2. The number of nitrogens with one attached hydrogen (secondary N) is 1. The molecule has 8 heteroatoms. The molecule has 0 aromatic heterocycles.